The van der Waals surface area contributed by atoms with Crippen LogP contribution in [-0.4, -0.2) is 0 Å². The van der Waals surface area contributed by atoms with Crippen molar-refractivity contribution in [3.8, 4) is 11.1 Å². The molecule has 0 amide bonds. The lowest BCUT2D eigenvalue weighted by Gasteiger charge is -2.01. The van der Waals surface area contributed by atoms with E-state index in [1.54, 1.807) is 0 Å². The minimum atomic E-state index is 0.909. The lowest BCUT2D eigenvalue weighted by Crippen LogP contribution is -2.33. The number of hydrogen-bond acceptors (Lipinski definition) is 0. The van der Waals surface area contributed by atoms with E-state index in [-0.39, 0.29) is 0 Å². The van der Waals surface area contributed by atoms with Crippen molar-refractivity contribution in [1.29, 1.82) is 0 Å². The first-order valence-corrected chi connectivity index (χ1v) is 7.87. The molecule has 0 spiro atoms. The van der Waals surface area contributed by atoms with E-state index >= 15 is 0 Å². The van der Waals surface area contributed by atoms with Gasteiger partial charge in [-0.3, -0.25) is 0 Å². The maximum atomic E-state index is 2.22. The van der Waals surface area contributed by atoms with Gasteiger partial charge in [0.2, 0.25) is 0 Å². The Morgan fingerprint density at radius 2 is 1.23 bits per heavy atom. The van der Waals surface area contributed by atoms with Gasteiger partial charge in [-0.25, -0.2) is 9.13 Å². The number of pyridine rings is 2. The van der Waals surface area contributed by atoms with E-state index in [9.17, 15) is 0 Å². The van der Waals surface area contributed by atoms with Gasteiger partial charge in [0, 0.05) is 36.2 Å². The van der Waals surface area contributed by atoms with Crippen molar-refractivity contribution < 1.29 is 9.13 Å². The van der Waals surface area contributed by atoms with Gasteiger partial charge in [-0.05, 0) is 11.1 Å². The highest BCUT2D eigenvalue weighted by atomic mass is 14.9. The first-order chi connectivity index (χ1) is 10.8. The van der Waals surface area contributed by atoms with E-state index in [4.69, 9.17) is 0 Å². The molecule has 1 aromatic carbocycles. The molecule has 0 bridgehead atoms. The highest BCUT2D eigenvalue weighted by molar-refractivity contribution is 5.60. The number of hydrogen-bond donors (Lipinski definition) is 0. The van der Waals surface area contributed by atoms with Gasteiger partial charge in [0.05, 0.1) is 0 Å². The standard InChI is InChI=1S/C20H22N2/c1-2-12-21-13-8-19(9-14-21)20-10-15-22(16-11-20)17-18-6-4-3-5-7-18/h3-11,13-16H,2,12,17H2,1H3/q+2. The summed E-state index contributed by atoms with van der Waals surface area (Å²) in [5.74, 6) is 0. The van der Waals surface area contributed by atoms with Gasteiger partial charge < -0.3 is 0 Å². The second-order valence-electron chi connectivity index (χ2n) is 5.57. The molecule has 0 atom stereocenters. The third-order valence-corrected chi connectivity index (χ3v) is 3.81. The Balaban J connectivity index is 1.73. The Hall–Kier alpha value is -2.48. The van der Waals surface area contributed by atoms with Crippen molar-refractivity contribution in [2.24, 2.45) is 0 Å². The third-order valence-electron chi connectivity index (χ3n) is 3.81. The van der Waals surface area contributed by atoms with Crippen molar-refractivity contribution in [3.63, 3.8) is 0 Å². The molecule has 110 valence electrons. The lowest BCUT2D eigenvalue weighted by atomic mass is 10.1. The van der Waals surface area contributed by atoms with Gasteiger partial charge in [0.15, 0.2) is 31.3 Å². The molecule has 0 aliphatic rings. The monoisotopic (exact) mass is 290 g/mol. The SMILES string of the molecule is CCC[n+]1ccc(-c2cc[n+](Cc3ccccc3)cc2)cc1. The van der Waals surface area contributed by atoms with E-state index in [1.165, 1.54) is 16.7 Å². The van der Waals surface area contributed by atoms with Gasteiger partial charge in [0.25, 0.3) is 0 Å². The summed E-state index contributed by atoms with van der Waals surface area (Å²) >= 11 is 0. The van der Waals surface area contributed by atoms with Gasteiger partial charge in [-0.15, -0.1) is 0 Å². The van der Waals surface area contributed by atoms with Crippen LogP contribution in [0, 0.1) is 0 Å². The predicted molar refractivity (Wildman–Crippen MR) is 88.1 cm³/mol. The normalized spacial score (nSPS) is 10.6. The van der Waals surface area contributed by atoms with Crippen molar-refractivity contribution in [1.82, 2.24) is 0 Å². The molecule has 3 aromatic rings. The molecule has 0 unspecified atom stereocenters. The van der Waals surface area contributed by atoms with Crippen molar-refractivity contribution in [3.05, 3.63) is 84.9 Å². The quantitative estimate of drug-likeness (QED) is 0.636. The smallest absolute Gasteiger partial charge is 0.173 e. The predicted octanol–water partition coefficient (Wildman–Crippen LogP) is 3.39. The van der Waals surface area contributed by atoms with Crippen molar-refractivity contribution in [2.45, 2.75) is 26.4 Å². The number of aromatic nitrogens is 2. The van der Waals surface area contributed by atoms with Crippen LogP contribution in [0.4, 0.5) is 0 Å². The number of nitrogens with zero attached hydrogens (tertiary/aromatic N) is 2. The third kappa shape index (κ3) is 3.59. The van der Waals surface area contributed by atoms with E-state index in [0.717, 1.165) is 19.5 Å². The molecule has 2 heterocycles. The minimum Gasteiger partial charge on any atom is -0.205 e. The molecule has 0 aliphatic heterocycles. The van der Waals surface area contributed by atoms with Crippen LogP contribution in [0.15, 0.2) is 79.4 Å². The average Bonchev–Trinajstić information content (AvgIpc) is 2.58. The molecule has 3 rings (SSSR count). The Morgan fingerprint density at radius 1 is 0.682 bits per heavy atom. The Kier molecular flexibility index (Phi) is 4.59. The molecular formula is C20H22N2+2. The van der Waals surface area contributed by atoms with E-state index in [1.807, 2.05) is 0 Å². The van der Waals surface area contributed by atoms with Crippen LogP contribution >= 0.6 is 0 Å². The summed E-state index contributed by atoms with van der Waals surface area (Å²) in [4.78, 5) is 0. The highest BCUT2D eigenvalue weighted by Crippen LogP contribution is 2.15. The largest absolute Gasteiger partial charge is 0.205 e. The summed E-state index contributed by atoms with van der Waals surface area (Å²) in [7, 11) is 0. The van der Waals surface area contributed by atoms with E-state index in [2.05, 4.69) is 95.4 Å². The first-order valence-electron chi connectivity index (χ1n) is 7.87. The molecule has 0 radical (unpaired) electrons. The summed E-state index contributed by atoms with van der Waals surface area (Å²) in [5, 5.41) is 0. The van der Waals surface area contributed by atoms with E-state index < -0.39 is 0 Å². The zero-order valence-electron chi connectivity index (χ0n) is 13.0. The van der Waals surface area contributed by atoms with Crippen LogP contribution in [0.2, 0.25) is 0 Å². The second kappa shape index (κ2) is 6.99. The van der Waals surface area contributed by atoms with Gasteiger partial charge >= 0.3 is 0 Å². The summed E-state index contributed by atoms with van der Waals surface area (Å²) < 4.78 is 4.43. The lowest BCUT2D eigenvalue weighted by molar-refractivity contribution is -0.696. The Morgan fingerprint density at radius 3 is 1.77 bits per heavy atom. The van der Waals surface area contributed by atoms with Crippen LogP contribution in [0.3, 0.4) is 0 Å². The topological polar surface area (TPSA) is 7.76 Å². The van der Waals surface area contributed by atoms with Crippen molar-refractivity contribution in [2.75, 3.05) is 0 Å². The fraction of sp³-hybridized carbons (Fsp3) is 0.200. The fourth-order valence-electron chi connectivity index (χ4n) is 2.61. The zero-order chi connectivity index (χ0) is 15.2. The van der Waals surface area contributed by atoms with Crippen LogP contribution in [0.25, 0.3) is 11.1 Å². The van der Waals surface area contributed by atoms with Crippen LogP contribution in [-0.2, 0) is 13.1 Å². The average molecular weight is 290 g/mol. The summed E-state index contributed by atoms with van der Waals surface area (Å²) in [6, 6.07) is 19.3. The molecule has 0 N–H and O–H groups in total. The first kappa shape index (κ1) is 14.5. The number of aryl methyl sites for hydroxylation is 1. The van der Waals surface area contributed by atoms with Crippen molar-refractivity contribution >= 4 is 0 Å². The summed E-state index contributed by atoms with van der Waals surface area (Å²) in [5.41, 5.74) is 3.84. The number of benzene rings is 1. The summed E-state index contributed by atoms with van der Waals surface area (Å²) in [6.45, 7) is 4.18. The second-order valence-corrected chi connectivity index (χ2v) is 5.57. The Bertz CT molecular complexity index is 701. The molecule has 2 heteroatoms. The maximum absolute atomic E-state index is 2.22. The van der Waals surface area contributed by atoms with E-state index in [0.29, 0.717) is 0 Å². The van der Waals surface area contributed by atoms with Crippen LogP contribution in [0.1, 0.15) is 18.9 Å². The molecule has 2 nitrogen and oxygen atoms in total. The van der Waals surface area contributed by atoms with Gasteiger partial charge in [0.1, 0.15) is 6.54 Å². The Labute approximate surface area is 132 Å². The fourth-order valence-corrected chi connectivity index (χ4v) is 2.61. The molecule has 22 heavy (non-hydrogen) atoms. The molecule has 0 fully saturated rings. The molecule has 2 aromatic heterocycles. The van der Waals surface area contributed by atoms with Crippen LogP contribution < -0.4 is 9.13 Å². The summed E-state index contributed by atoms with van der Waals surface area (Å²) in [6.07, 6.45) is 9.77. The molecular weight excluding hydrogens is 268 g/mol. The van der Waals surface area contributed by atoms with Gasteiger partial charge in [-0.2, -0.15) is 0 Å². The minimum absolute atomic E-state index is 0.909. The zero-order valence-corrected chi connectivity index (χ0v) is 13.0. The number of rotatable bonds is 5. The van der Waals surface area contributed by atoms with Crippen LogP contribution in [0.5, 0.6) is 0 Å². The molecule has 0 aliphatic carbocycles. The maximum Gasteiger partial charge on any atom is 0.173 e. The molecule has 0 saturated heterocycles. The highest BCUT2D eigenvalue weighted by Gasteiger charge is 2.06. The molecule has 0 saturated carbocycles. The van der Waals surface area contributed by atoms with Gasteiger partial charge in [-0.1, -0.05) is 37.3 Å².